The number of para-hydroxylation sites is 1. The molecule has 4 nitrogen and oxygen atoms in total. The van der Waals surface area contributed by atoms with Gasteiger partial charge in [-0.2, -0.15) is 0 Å². The molecule has 1 heterocycles. The van der Waals surface area contributed by atoms with Crippen LogP contribution in [0.25, 0.3) is 11.1 Å². The normalized spacial score (nSPS) is 17.2. The largest absolute Gasteiger partial charge is 0.324 e. The summed E-state index contributed by atoms with van der Waals surface area (Å²) in [6.07, 6.45) is 0. The van der Waals surface area contributed by atoms with Gasteiger partial charge < -0.3 is 10.2 Å². The molecule has 0 aliphatic carbocycles. The number of piperazine rings is 1. The maximum atomic E-state index is 12.8. The van der Waals surface area contributed by atoms with Gasteiger partial charge in [0, 0.05) is 37.4 Å². The van der Waals surface area contributed by atoms with E-state index in [-0.39, 0.29) is 11.9 Å². The number of hydrogen-bond acceptors (Lipinski definition) is 3. The molecule has 2 aromatic carbocycles. The third-order valence-corrected chi connectivity index (χ3v) is 5.05. The van der Waals surface area contributed by atoms with Crippen molar-refractivity contribution < 1.29 is 4.79 Å². The summed E-state index contributed by atoms with van der Waals surface area (Å²) in [6.45, 7) is 9.24. The number of benzene rings is 2. The van der Waals surface area contributed by atoms with Crippen LogP contribution in [-0.4, -0.2) is 54.5 Å². The number of amides is 1. The fourth-order valence-corrected chi connectivity index (χ4v) is 3.33. The minimum absolute atomic E-state index is 0.0633. The lowest BCUT2D eigenvalue weighted by Gasteiger charge is -2.37. The van der Waals surface area contributed by atoms with Crippen molar-refractivity contribution in [2.45, 2.75) is 19.9 Å². The first-order valence-electron chi connectivity index (χ1n) is 9.10. The molecule has 0 radical (unpaired) electrons. The average molecular weight is 337 g/mol. The van der Waals surface area contributed by atoms with Crippen LogP contribution in [0.3, 0.4) is 0 Å². The predicted molar refractivity (Wildman–Crippen MR) is 104 cm³/mol. The minimum Gasteiger partial charge on any atom is -0.324 e. The highest BCUT2D eigenvalue weighted by Crippen LogP contribution is 2.27. The van der Waals surface area contributed by atoms with Gasteiger partial charge in [0.15, 0.2) is 0 Å². The van der Waals surface area contributed by atoms with Crippen LogP contribution in [-0.2, 0) is 4.79 Å². The number of hydrogen-bond donors (Lipinski definition) is 1. The van der Waals surface area contributed by atoms with Crippen LogP contribution < -0.4 is 5.32 Å². The highest BCUT2D eigenvalue weighted by atomic mass is 16.2. The van der Waals surface area contributed by atoms with Crippen LogP contribution in [0.2, 0.25) is 0 Å². The molecule has 1 amide bonds. The smallest absolute Gasteiger partial charge is 0.241 e. The Balaban J connectivity index is 1.69. The third kappa shape index (κ3) is 4.27. The number of rotatable bonds is 5. The number of nitrogens with one attached hydrogen (secondary N) is 1. The highest BCUT2D eigenvalue weighted by Gasteiger charge is 2.25. The summed E-state index contributed by atoms with van der Waals surface area (Å²) in [5, 5.41) is 3.14. The van der Waals surface area contributed by atoms with Crippen molar-refractivity contribution in [2.24, 2.45) is 0 Å². The van der Waals surface area contributed by atoms with E-state index in [4.69, 9.17) is 0 Å². The van der Waals surface area contributed by atoms with Crippen molar-refractivity contribution in [1.29, 1.82) is 0 Å². The molecule has 1 saturated heterocycles. The van der Waals surface area contributed by atoms with Gasteiger partial charge in [-0.1, -0.05) is 55.5 Å². The lowest BCUT2D eigenvalue weighted by molar-refractivity contribution is -0.121. The molecule has 0 bridgehead atoms. The van der Waals surface area contributed by atoms with Gasteiger partial charge in [0.05, 0.1) is 6.04 Å². The van der Waals surface area contributed by atoms with Crippen molar-refractivity contribution in [1.82, 2.24) is 9.80 Å². The Morgan fingerprint density at radius 3 is 2.32 bits per heavy atom. The summed E-state index contributed by atoms with van der Waals surface area (Å²) in [7, 11) is 0. The molecule has 1 unspecified atom stereocenters. The molecule has 1 aliphatic rings. The summed E-state index contributed by atoms with van der Waals surface area (Å²) in [4.78, 5) is 17.5. The van der Waals surface area contributed by atoms with E-state index < -0.39 is 0 Å². The molecule has 25 heavy (non-hydrogen) atoms. The molecule has 0 saturated carbocycles. The molecule has 1 N–H and O–H groups in total. The van der Waals surface area contributed by atoms with Crippen molar-refractivity contribution >= 4 is 11.6 Å². The summed E-state index contributed by atoms with van der Waals surface area (Å²) in [5.41, 5.74) is 3.04. The standard InChI is InChI=1S/C21H27N3O/c1-3-23-13-15-24(16-14-23)17(2)21(25)22-20-12-8-7-11-19(20)18-9-5-4-6-10-18/h4-12,17H,3,13-16H2,1-2H3,(H,22,25). The van der Waals surface area contributed by atoms with Crippen LogP contribution in [0.15, 0.2) is 54.6 Å². The Labute approximate surface area is 150 Å². The SMILES string of the molecule is CCN1CCN(C(C)C(=O)Nc2ccccc2-c2ccccc2)CC1. The molecule has 0 aromatic heterocycles. The zero-order valence-corrected chi connectivity index (χ0v) is 15.1. The molecule has 0 spiro atoms. The Morgan fingerprint density at radius 1 is 1.00 bits per heavy atom. The number of carbonyl (C=O) groups is 1. The second kappa shape index (κ2) is 8.28. The van der Waals surface area contributed by atoms with Crippen LogP contribution in [0.4, 0.5) is 5.69 Å². The van der Waals surface area contributed by atoms with Crippen molar-refractivity contribution in [3.63, 3.8) is 0 Å². The van der Waals surface area contributed by atoms with Crippen LogP contribution >= 0.6 is 0 Å². The maximum absolute atomic E-state index is 12.8. The van der Waals surface area contributed by atoms with Crippen LogP contribution in [0.5, 0.6) is 0 Å². The van der Waals surface area contributed by atoms with Crippen molar-refractivity contribution in [3.05, 3.63) is 54.6 Å². The first-order chi connectivity index (χ1) is 12.2. The van der Waals surface area contributed by atoms with E-state index in [9.17, 15) is 4.79 Å². The summed E-state index contributed by atoms with van der Waals surface area (Å²) in [5.74, 6) is 0.0633. The summed E-state index contributed by atoms with van der Waals surface area (Å²) in [6, 6.07) is 18.0. The number of nitrogens with zero attached hydrogens (tertiary/aromatic N) is 2. The van der Waals surface area contributed by atoms with Gasteiger partial charge in [-0.3, -0.25) is 9.69 Å². The average Bonchev–Trinajstić information content (AvgIpc) is 2.68. The van der Waals surface area contributed by atoms with Gasteiger partial charge in [0.25, 0.3) is 0 Å². The maximum Gasteiger partial charge on any atom is 0.241 e. The lowest BCUT2D eigenvalue weighted by atomic mass is 10.0. The Bertz CT molecular complexity index is 693. The molecular formula is C21H27N3O. The van der Waals surface area contributed by atoms with Gasteiger partial charge in [-0.15, -0.1) is 0 Å². The second-order valence-corrected chi connectivity index (χ2v) is 6.55. The van der Waals surface area contributed by atoms with Crippen molar-refractivity contribution in [2.75, 3.05) is 38.0 Å². The van der Waals surface area contributed by atoms with Gasteiger partial charge >= 0.3 is 0 Å². The molecule has 3 rings (SSSR count). The zero-order valence-electron chi connectivity index (χ0n) is 15.1. The van der Waals surface area contributed by atoms with Crippen molar-refractivity contribution in [3.8, 4) is 11.1 Å². The van der Waals surface area contributed by atoms with E-state index in [0.29, 0.717) is 0 Å². The summed E-state index contributed by atoms with van der Waals surface area (Å²) < 4.78 is 0. The van der Waals surface area contributed by atoms with E-state index in [1.54, 1.807) is 0 Å². The molecule has 1 fully saturated rings. The van der Waals surface area contributed by atoms with E-state index >= 15 is 0 Å². The quantitative estimate of drug-likeness (QED) is 0.909. The lowest BCUT2D eigenvalue weighted by Crippen LogP contribution is -2.52. The highest BCUT2D eigenvalue weighted by molar-refractivity contribution is 5.98. The third-order valence-electron chi connectivity index (χ3n) is 5.05. The first-order valence-corrected chi connectivity index (χ1v) is 9.10. The number of likely N-dealkylation sites (N-methyl/N-ethyl adjacent to an activating group) is 1. The molecule has 1 atom stereocenters. The fourth-order valence-electron chi connectivity index (χ4n) is 3.33. The topological polar surface area (TPSA) is 35.6 Å². The van der Waals surface area contributed by atoms with E-state index in [1.807, 2.05) is 43.3 Å². The zero-order chi connectivity index (χ0) is 17.6. The van der Waals surface area contributed by atoms with E-state index in [0.717, 1.165) is 49.5 Å². The molecule has 2 aromatic rings. The number of carbonyl (C=O) groups excluding carboxylic acids is 1. The monoisotopic (exact) mass is 337 g/mol. The van der Waals surface area contributed by atoms with Gasteiger partial charge in [0.1, 0.15) is 0 Å². The molecule has 1 aliphatic heterocycles. The van der Waals surface area contributed by atoms with E-state index in [2.05, 4.69) is 40.2 Å². The van der Waals surface area contributed by atoms with Crippen LogP contribution in [0, 0.1) is 0 Å². The minimum atomic E-state index is -0.122. The number of anilines is 1. The molecule has 4 heteroatoms. The summed E-state index contributed by atoms with van der Waals surface area (Å²) >= 11 is 0. The van der Waals surface area contributed by atoms with Gasteiger partial charge in [-0.05, 0) is 25.1 Å². The molecular weight excluding hydrogens is 310 g/mol. The second-order valence-electron chi connectivity index (χ2n) is 6.55. The predicted octanol–water partition coefficient (Wildman–Crippen LogP) is 3.32. The Morgan fingerprint density at radius 2 is 1.64 bits per heavy atom. The van der Waals surface area contributed by atoms with E-state index in [1.165, 1.54) is 0 Å². The van der Waals surface area contributed by atoms with Crippen LogP contribution in [0.1, 0.15) is 13.8 Å². The first kappa shape index (κ1) is 17.6. The Kier molecular flexibility index (Phi) is 5.84. The molecule has 132 valence electrons. The van der Waals surface area contributed by atoms with Gasteiger partial charge in [-0.25, -0.2) is 0 Å². The Hall–Kier alpha value is -2.17. The fraction of sp³-hybridized carbons (Fsp3) is 0.381. The van der Waals surface area contributed by atoms with Gasteiger partial charge in [0.2, 0.25) is 5.91 Å².